The van der Waals surface area contributed by atoms with Gasteiger partial charge in [-0.25, -0.2) is 4.98 Å². The molecule has 0 radical (unpaired) electrons. The van der Waals surface area contributed by atoms with Crippen molar-refractivity contribution >= 4 is 11.3 Å². The van der Waals surface area contributed by atoms with E-state index in [1.165, 1.54) is 60.5 Å². The molecular weight excluding hydrogens is 276 g/mol. The summed E-state index contributed by atoms with van der Waals surface area (Å²) in [5.74, 6) is 1.52. The molecular formula is C18H30N2S. The summed E-state index contributed by atoms with van der Waals surface area (Å²) < 4.78 is 0. The number of hydrogen-bond acceptors (Lipinski definition) is 3. The van der Waals surface area contributed by atoms with Crippen LogP contribution in [-0.4, -0.2) is 11.5 Å². The molecule has 1 aromatic rings. The van der Waals surface area contributed by atoms with Gasteiger partial charge in [0, 0.05) is 23.3 Å². The van der Waals surface area contributed by atoms with Gasteiger partial charge in [0.05, 0.1) is 10.7 Å². The summed E-state index contributed by atoms with van der Waals surface area (Å²) in [4.78, 5) is 6.63. The smallest absolute Gasteiger partial charge is 0.0962 e. The predicted molar refractivity (Wildman–Crippen MR) is 91.1 cm³/mol. The van der Waals surface area contributed by atoms with E-state index < -0.39 is 0 Å². The molecule has 118 valence electrons. The van der Waals surface area contributed by atoms with Gasteiger partial charge in [0.2, 0.25) is 0 Å². The van der Waals surface area contributed by atoms with Gasteiger partial charge in [-0.2, -0.15) is 0 Å². The number of aromatic nitrogens is 1. The molecule has 0 saturated heterocycles. The third-order valence-corrected chi connectivity index (χ3v) is 6.34. The SMILES string of the molecule is CCCNCc1sc(C2CCC(C)(C)CC2)nc1C1CC1. The molecule has 2 fully saturated rings. The van der Waals surface area contributed by atoms with Crippen LogP contribution in [-0.2, 0) is 6.54 Å². The summed E-state index contributed by atoms with van der Waals surface area (Å²) in [5, 5.41) is 5.02. The quantitative estimate of drug-likeness (QED) is 0.730. The topological polar surface area (TPSA) is 24.9 Å². The molecule has 0 amide bonds. The minimum absolute atomic E-state index is 0.554. The van der Waals surface area contributed by atoms with Crippen LogP contribution in [0.1, 0.15) is 93.1 Å². The number of thiazole rings is 1. The first-order valence-corrected chi connectivity index (χ1v) is 9.61. The number of hydrogen-bond donors (Lipinski definition) is 1. The van der Waals surface area contributed by atoms with Crippen LogP contribution in [0.5, 0.6) is 0 Å². The highest BCUT2D eigenvalue weighted by atomic mass is 32.1. The summed E-state index contributed by atoms with van der Waals surface area (Å²) in [6, 6.07) is 0. The average Bonchev–Trinajstić information content (AvgIpc) is 3.21. The maximum absolute atomic E-state index is 5.10. The Morgan fingerprint density at radius 1 is 1.14 bits per heavy atom. The van der Waals surface area contributed by atoms with Gasteiger partial charge in [-0.15, -0.1) is 11.3 Å². The van der Waals surface area contributed by atoms with E-state index in [0.29, 0.717) is 5.41 Å². The zero-order chi connectivity index (χ0) is 14.9. The fourth-order valence-corrected chi connectivity index (χ4v) is 4.67. The van der Waals surface area contributed by atoms with Gasteiger partial charge >= 0.3 is 0 Å². The summed E-state index contributed by atoms with van der Waals surface area (Å²) in [7, 11) is 0. The number of rotatable bonds is 6. The molecule has 3 heteroatoms. The summed E-state index contributed by atoms with van der Waals surface area (Å²) in [5.41, 5.74) is 2.00. The molecule has 2 aliphatic carbocycles. The zero-order valence-electron chi connectivity index (χ0n) is 13.9. The molecule has 0 unspecified atom stereocenters. The Labute approximate surface area is 133 Å². The van der Waals surface area contributed by atoms with Crippen LogP contribution in [0.4, 0.5) is 0 Å². The molecule has 1 heterocycles. The largest absolute Gasteiger partial charge is 0.312 e. The normalized spacial score (nSPS) is 22.6. The van der Waals surface area contributed by atoms with Gasteiger partial charge in [0.25, 0.3) is 0 Å². The highest BCUT2D eigenvalue weighted by Crippen LogP contribution is 2.47. The molecule has 0 aliphatic heterocycles. The molecule has 0 spiro atoms. The molecule has 0 atom stereocenters. The van der Waals surface area contributed by atoms with Crippen molar-refractivity contribution in [2.24, 2.45) is 5.41 Å². The molecule has 0 aromatic carbocycles. The lowest BCUT2D eigenvalue weighted by atomic mass is 9.73. The summed E-state index contributed by atoms with van der Waals surface area (Å²) in [6.45, 7) is 9.22. The van der Waals surface area contributed by atoms with Crippen LogP contribution in [0.2, 0.25) is 0 Å². The summed E-state index contributed by atoms with van der Waals surface area (Å²) in [6.07, 6.45) is 9.34. The van der Waals surface area contributed by atoms with Crippen LogP contribution < -0.4 is 5.32 Å². The first-order valence-electron chi connectivity index (χ1n) is 8.79. The van der Waals surface area contributed by atoms with E-state index in [1.54, 1.807) is 0 Å². The molecule has 2 nitrogen and oxygen atoms in total. The van der Waals surface area contributed by atoms with Crippen LogP contribution in [0.15, 0.2) is 0 Å². The molecule has 1 N–H and O–H groups in total. The van der Waals surface area contributed by atoms with Crippen LogP contribution in [0.3, 0.4) is 0 Å². The Balaban J connectivity index is 1.69. The standard InChI is InChI=1S/C18H30N2S/c1-4-11-19-12-15-16(13-5-6-13)20-17(21-15)14-7-9-18(2,3)10-8-14/h13-14,19H,4-12H2,1-3H3. The first-order chi connectivity index (χ1) is 10.1. The lowest BCUT2D eigenvalue weighted by molar-refractivity contribution is 0.224. The van der Waals surface area contributed by atoms with Crippen molar-refractivity contribution in [2.75, 3.05) is 6.54 Å². The minimum atomic E-state index is 0.554. The maximum Gasteiger partial charge on any atom is 0.0962 e. The lowest BCUT2D eigenvalue weighted by Crippen LogP contribution is -2.20. The van der Waals surface area contributed by atoms with Crippen molar-refractivity contribution in [3.63, 3.8) is 0 Å². The van der Waals surface area contributed by atoms with Gasteiger partial charge < -0.3 is 5.32 Å². The Bertz CT molecular complexity index is 464. The van der Waals surface area contributed by atoms with Crippen molar-refractivity contribution in [3.8, 4) is 0 Å². The fourth-order valence-electron chi connectivity index (χ4n) is 3.38. The van der Waals surface area contributed by atoms with E-state index in [9.17, 15) is 0 Å². The van der Waals surface area contributed by atoms with Crippen molar-refractivity contribution < 1.29 is 0 Å². The van der Waals surface area contributed by atoms with Gasteiger partial charge in [0.1, 0.15) is 0 Å². The Morgan fingerprint density at radius 3 is 2.48 bits per heavy atom. The van der Waals surface area contributed by atoms with Crippen LogP contribution in [0.25, 0.3) is 0 Å². The second kappa shape index (κ2) is 6.37. The minimum Gasteiger partial charge on any atom is -0.312 e. The van der Waals surface area contributed by atoms with E-state index in [4.69, 9.17) is 4.98 Å². The van der Waals surface area contributed by atoms with E-state index >= 15 is 0 Å². The molecule has 2 saturated carbocycles. The van der Waals surface area contributed by atoms with Crippen molar-refractivity contribution in [3.05, 3.63) is 15.6 Å². The molecule has 1 aromatic heterocycles. The molecule has 2 aliphatic rings. The van der Waals surface area contributed by atoms with E-state index in [-0.39, 0.29) is 0 Å². The Morgan fingerprint density at radius 2 is 1.86 bits per heavy atom. The zero-order valence-corrected chi connectivity index (χ0v) is 14.7. The lowest BCUT2D eigenvalue weighted by Gasteiger charge is -2.33. The van der Waals surface area contributed by atoms with Gasteiger partial charge in [-0.1, -0.05) is 20.8 Å². The monoisotopic (exact) mass is 306 g/mol. The van der Waals surface area contributed by atoms with Crippen molar-refractivity contribution in [1.29, 1.82) is 0 Å². The van der Waals surface area contributed by atoms with E-state index in [0.717, 1.165) is 24.9 Å². The maximum atomic E-state index is 5.10. The third kappa shape index (κ3) is 3.87. The number of nitrogens with one attached hydrogen (secondary N) is 1. The molecule has 21 heavy (non-hydrogen) atoms. The molecule has 3 rings (SSSR count). The summed E-state index contributed by atoms with van der Waals surface area (Å²) >= 11 is 2.01. The van der Waals surface area contributed by atoms with Gasteiger partial charge in [0.15, 0.2) is 0 Å². The second-order valence-corrected chi connectivity index (χ2v) is 8.87. The average molecular weight is 307 g/mol. The Kier molecular flexibility index (Phi) is 4.70. The fraction of sp³-hybridized carbons (Fsp3) is 0.833. The third-order valence-electron chi connectivity index (χ3n) is 5.11. The number of nitrogens with zero attached hydrogens (tertiary/aromatic N) is 1. The van der Waals surface area contributed by atoms with E-state index in [2.05, 4.69) is 26.1 Å². The highest BCUT2D eigenvalue weighted by Gasteiger charge is 2.33. The Hall–Kier alpha value is -0.410. The predicted octanol–water partition coefficient (Wildman–Crippen LogP) is 5.20. The second-order valence-electron chi connectivity index (χ2n) is 7.75. The van der Waals surface area contributed by atoms with Crippen molar-refractivity contribution in [2.45, 2.75) is 84.1 Å². The highest BCUT2D eigenvalue weighted by molar-refractivity contribution is 7.11. The van der Waals surface area contributed by atoms with Gasteiger partial charge in [-0.3, -0.25) is 0 Å². The molecule has 0 bridgehead atoms. The van der Waals surface area contributed by atoms with Crippen LogP contribution >= 0.6 is 11.3 Å². The van der Waals surface area contributed by atoms with Crippen molar-refractivity contribution in [1.82, 2.24) is 10.3 Å². The van der Waals surface area contributed by atoms with Gasteiger partial charge in [-0.05, 0) is 56.9 Å². The van der Waals surface area contributed by atoms with Crippen LogP contribution in [0, 0.1) is 5.41 Å². The first kappa shape index (κ1) is 15.5. The van der Waals surface area contributed by atoms with E-state index in [1.807, 2.05) is 11.3 Å².